The van der Waals surface area contributed by atoms with Gasteiger partial charge in [0.2, 0.25) is 11.8 Å². The third-order valence-corrected chi connectivity index (χ3v) is 3.85. The van der Waals surface area contributed by atoms with E-state index < -0.39 is 5.92 Å². The van der Waals surface area contributed by atoms with Crippen LogP contribution in [0.2, 0.25) is 0 Å². The molecule has 1 N–H and O–H groups in total. The molecule has 1 atom stereocenters. The minimum absolute atomic E-state index is 0.0991. The van der Waals surface area contributed by atoms with Gasteiger partial charge in [-0.1, -0.05) is 18.2 Å². The highest BCUT2D eigenvalue weighted by Crippen LogP contribution is 2.35. The molecule has 2 aromatic rings. The zero-order chi connectivity index (χ0) is 15.7. The highest BCUT2D eigenvalue weighted by atomic mass is 19.1. The van der Waals surface area contributed by atoms with E-state index in [0.29, 0.717) is 5.69 Å². The molecule has 0 fully saturated rings. The summed E-state index contributed by atoms with van der Waals surface area (Å²) in [4.78, 5) is 26.1. The average molecular weight is 298 g/mol. The Labute approximate surface area is 127 Å². The number of amides is 2. The molecule has 0 spiro atoms. The van der Waals surface area contributed by atoms with E-state index >= 15 is 0 Å². The SMILES string of the molecule is CN1C(=O)CC(C(=O)Nc2ccc(F)cc2)c2ccccc21. The number of anilines is 2. The number of rotatable bonds is 2. The van der Waals surface area contributed by atoms with Crippen LogP contribution in [0.25, 0.3) is 0 Å². The van der Waals surface area contributed by atoms with Gasteiger partial charge in [-0.2, -0.15) is 0 Å². The largest absolute Gasteiger partial charge is 0.326 e. The van der Waals surface area contributed by atoms with Crippen molar-refractivity contribution >= 4 is 23.2 Å². The van der Waals surface area contributed by atoms with E-state index in [1.54, 1.807) is 11.9 Å². The van der Waals surface area contributed by atoms with Crippen molar-refractivity contribution in [1.82, 2.24) is 0 Å². The number of carbonyl (C=O) groups is 2. The minimum Gasteiger partial charge on any atom is -0.326 e. The van der Waals surface area contributed by atoms with E-state index in [-0.39, 0.29) is 24.1 Å². The second kappa shape index (κ2) is 5.60. The topological polar surface area (TPSA) is 49.4 Å². The fraction of sp³-hybridized carbons (Fsp3) is 0.176. The molecule has 0 radical (unpaired) electrons. The summed E-state index contributed by atoms with van der Waals surface area (Å²) in [5, 5.41) is 2.74. The van der Waals surface area contributed by atoms with Crippen molar-refractivity contribution in [3.63, 3.8) is 0 Å². The highest BCUT2D eigenvalue weighted by Gasteiger charge is 2.33. The van der Waals surface area contributed by atoms with Crippen LogP contribution < -0.4 is 10.2 Å². The maximum atomic E-state index is 12.9. The van der Waals surface area contributed by atoms with Crippen LogP contribution in [0.1, 0.15) is 17.9 Å². The number of carbonyl (C=O) groups excluding carboxylic acids is 2. The fourth-order valence-electron chi connectivity index (χ4n) is 2.64. The first-order chi connectivity index (χ1) is 10.6. The molecule has 0 aromatic heterocycles. The van der Waals surface area contributed by atoms with Gasteiger partial charge in [0.25, 0.3) is 0 Å². The van der Waals surface area contributed by atoms with E-state index in [1.165, 1.54) is 24.3 Å². The lowest BCUT2D eigenvalue weighted by Gasteiger charge is -2.30. The summed E-state index contributed by atoms with van der Waals surface area (Å²) in [6, 6.07) is 12.9. The van der Waals surface area contributed by atoms with Crippen LogP contribution in [-0.2, 0) is 9.59 Å². The third-order valence-electron chi connectivity index (χ3n) is 3.85. The Hall–Kier alpha value is -2.69. The van der Waals surface area contributed by atoms with Crippen LogP contribution in [0.4, 0.5) is 15.8 Å². The molecular weight excluding hydrogens is 283 g/mol. The summed E-state index contributed by atoms with van der Waals surface area (Å²) in [5.74, 6) is -1.26. The lowest BCUT2D eigenvalue weighted by atomic mass is 9.89. The molecule has 0 saturated carbocycles. The van der Waals surface area contributed by atoms with Crippen molar-refractivity contribution < 1.29 is 14.0 Å². The van der Waals surface area contributed by atoms with Crippen LogP contribution in [0, 0.1) is 5.82 Å². The lowest BCUT2D eigenvalue weighted by molar-refractivity contribution is -0.124. The lowest BCUT2D eigenvalue weighted by Crippen LogP contribution is -2.37. The molecule has 2 aromatic carbocycles. The summed E-state index contributed by atoms with van der Waals surface area (Å²) in [6.45, 7) is 0. The van der Waals surface area contributed by atoms with Gasteiger partial charge in [0, 0.05) is 24.8 Å². The summed E-state index contributed by atoms with van der Waals surface area (Å²) < 4.78 is 12.9. The van der Waals surface area contributed by atoms with Crippen LogP contribution in [0.3, 0.4) is 0 Å². The van der Waals surface area contributed by atoms with Crippen molar-refractivity contribution in [3.05, 3.63) is 59.9 Å². The molecule has 1 aliphatic rings. The van der Waals surface area contributed by atoms with Gasteiger partial charge in [-0.3, -0.25) is 9.59 Å². The summed E-state index contributed by atoms with van der Waals surface area (Å²) in [7, 11) is 1.70. The molecule has 0 aliphatic carbocycles. The predicted octanol–water partition coefficient (Wildman–Crippen LogP) is 2.91. The van der Waals surface area contributed by atoms with E-state index in [4.69, 9.17) is 0 Å². The van der Waals surface area contributed by atoms with E-state index in [2.05, 4.69) is 5.32 Å². The molecule has 22 heavy (non-hydrogen) atoms. The molecule has 0 saturated heterocycles. The zero-order valence-corrected chi connectivity index (χ0v) is 12.0. The second-order valence-corrected chi connectivity index (χ2v) is 5.26. The Balaban J connectivity index is 1.88. The van der Waals surface area contributed by atoms with Crippen molar-refractivity contribution in [3.8, 4) is 0 Å². The Kier molecular flexibility index (Phi) is 3.63. The predicted molar refractivity (Wildman–Crippen MR) is 82.2 cm³/mol. The number of nitrogens with one attached hydrogen (secondary N) is 1. The van der Waals surface area contributed by atoms with Gasteiger partial charge in [0.15, 0.2) is 0 Å². The standard InChI is InChI=1S/C17H15FN2O2/c1-20-15-5-3-2-4-13(15)14(10-16(20)21)17(22)19-12-8-6-11(18)7-9-12/h2-9,14H,10H2,1H3,(H,19,22). The first-order valence-corrected chi connectivity index (χ1v) is 6.98. The smallest absolute Gasteiger partial charge is 0.232 e. The first kappa shape index (κ1) is 14.3. The molecule has 1 aliphatic heterocycles. The van der Waals surface area contributed by atoms with Gasteiger partial charge in [-0.05, 0) is 35.9 Å². The second-order valence-electron chi connectivity index (χ2n) is 5.26. The van der Waals surface area contributed by atoms with E-state index in [9.17, 15) is 14.0 Å². The van der Waals surface area contributed by atoms with Crippen molar-refractivity contribution in [2.24, 2.45) is 0 Å². The van der Waals surface area contributed by atoms with Gasteiger partial charge in [-0.25, -0.2) is 4.39 Å². The summed E-state index contributed by atoms with van der Waals surface area (Å²) in [6.07, 6.45) is 0.126. The normalized spacial score (nSPS) is 17.1. The van der Waals surface area contributed by atoms with Crippen LogP contribution >= 0.6 is 0 Å². The summed E-state index contributed by atoms with van der Waals surface area (Å²) in [5.41, 5.74) is 2.08. The maximum Gasteiger partial charge on any atom is 0.232 e. The van der Waals surface area contributed by atoms with E-state index in [1.807, 2.05) is 24.3 Å². The van der Waals surface area contributed by atoms with Crippen LogP contribution in [0.5, 0.6) is 0 Å². The number of hydrogen-bond acceptors (Lipinski definition) is 2. The van der Waals surface area contributed by atoms with Crippen molar-refractivity contribution in [2.75, 3.05) is 17.3 Å². The molecule has 1 unspecified atom stereocenters. The first-order valence-electron chi connectivity index (χ1n) is 6.98. The number of para-hydroxylation sites is 1. The minimum atomic E-state index is -0.537. The zero-order valence-electron chi connectivity index (χ0n) is 12.0. The molecule has 112 valence electrons. The molecular formula is C17H15FN2O2. The molecule has 1 heterocycles. The fourth-order valence-corrected chi connectivity index (χ4v) is 2.64. The Morgan fingerprint density at radius 3 is 2.59 bits per heavy atom. The van der Waals surface area contributed by atoms with E-state index in [0.717, 1.165) is 11.3 Å². The van der Waals surface area contributed by atoms with Gasteiger partial charge in [0.1, 0.15) is 5.82 Å². The number of benzene rings is 2. The number of hydrogen-bond donors (Lipinski definition) is 1. The van der Waals surface area contributed by atoms with Crippen molar-refractivity contribution in [2.45, 2.75) is 12.3 Å². The van der Waals surface area contributed by atoms with Gasteiger partial charge in [0.05, 0.1) is 5.92 Å². The Morgan fingerprint density at radius 1 is 1.18 bits per heavy atom. The van der Waals surface area contributed by atoms with Gasteiger partial charge in [-0.15, -0.1) is 0 Å². The molecule has 0 bridgehead atoms. The summed E-state index contributed by atoms with van der Waals surface area (Å²) >= 11 is 0. The van der Waals surface area contributed by atoms with Gasteiger partial charge >= 0.3 is 0 Å². The van der Waals surface area contributed by atoms with Gasteiger partial charge < -0.3 is 10.2 Å². The van der Waals surface area contributed by atoms with Crippen LogP contribution in [0.15, 0.2) is 48.5 Å². The molecule has 3 rings (SSSR count). The third kappa shape index (κ3) is 2.57. The molecule has 5 heteroatoms. The molecule has 2 amide bonds. The monoisotopic (exact) mass is 298 g/mol. The van der Waals surface area contributed by atoms with Crippen molar-refractivity contribution in [1.29, 1.82) is 0 Å². The van der Waals surface area contributed by atoms with Crippen LogP contribution in [-0.4, -0.2) is 18.9 Å². The maximum absolute atomic E-state index is 12.9. The molecule has 4 nitrogen and oxygen atoms in total. The number of fused-ring (bicyclic) bond motifs is 1. The Morgan fingerprint density at radius 2 is 1.86 bits per heavy atom. The number of halogens is 1. The number of nitrogens with zero attached hydrogens (tertiary/aromatic N) is 1. The Bertz CT molecular complexity index is 728. The average Bonchev–Trinajstić information content (AvgIpc) is 2.53. The highest BCUT2D eigenvalue weighted by molar-refractivity contribution is 6.05. The quantitative estimate of drug-likeness (QED) is 0.926.